The van der Waals surface area contributed by atoms with Crippen LogP contribution >= 0.6 is 23.5 Å². The van der Waals surface area contributed by atoms with Gasteiger partial charge in [-0.05, 0) is 48.5 Å². The lowest BCUT2D eigenvalue weighted by Gasteiger charge is -2.09. The van der Waals surface area contributed by atoms with E-state index >= 15 is 0 Å². The summed E-state index contributed by atoms with van der Waals surface area (Å²) in [6, 6.07) is 18.7. The van der Waals surface area contributed by atoms with E-state index < -0.39 is 0 Å². The molecule has 0 saturated carbocycles. The van der Waals surface area contributed by atoms with E-state index in [2.05, 4.69) is 42.7 Å². The summed E-state index contributed by atoms with van der Waals surface area (Å²) >= 11 is 2.69. The lowest BCUT2D eigenvalue weighted by atomic mass is 10.2. The van der Waals surface area contributed by atoms with Crippen LogP contribution in [0.1, 0.15) is 24.0 Å². The van der Waals surface area contributed by atoms with Crippen LogP contribution in [0.3, 0.4) is 0 Å². The van der Waals surface area contributed by atoms with Crippen molar-refractivity contribution in [3.63, 3.8) is 0 Å². The standard InChI is InChI=1S/C30H26N8O2S2/c31-17-21-5-7-25(23-3-1-11-33-19-23)37-29(21)41-15-9-27(39)35-13-14-36-28(40)10-16-42-30-22(18-32)6-8-26(38-30)24-4-2-12-34-20-24/h1-8,11-12,19-20H,9-10,13-16H2,(H,35,39)(H,36,40). The highest BCUT2D eigenvalue weighted by Crippen LogP contribution is 2.26. The zero-order valence-corrected chi connectivity index (χ0v) is 24.1. The number of nitrogens with zero attached hydrogens (tertiary/aromatic N) is 6. The molecule has 0 aromatic carbocycles. The van der Waals surface area contributed by atoms with Gasteiger partial charge < -0.3 is 10.6 Å². The molecule has 0 fully saturated rings. The number of amides is 2. The van der Waals surface area contributed by atoms with Crippen LogP contribution in [0, 0.1) is 22.7 Å². The van der Waals surface area contributed by atoms with Crippen LogP contribution in [0.5, 0.6) is 0 Å². The molecule has 0 aliphatic carbocycles. The Morgan fingerprint density at radius 3 is 1.52 bits per heavy atom. The average Bonchev–Trinajstić information content (AvgIpc) is 3.04. The Balaban J connectivity index is 1.14. The molecule has 0 bridgehead atoms. The number of rotatable bonds is 13. The molecule has 12 heteroatoms. The van der Waals surface area contributed by atoms with Gasteiger partial charge in [-0.3, -0.25) is 19.6 Å². The van der Waals surface area contributed by atoms with Crippen LogP contribution in [0.25, 0.3) is 22.5 Å². The van der Waals surface area contributed by atoms with Crippen molar-refractivity contribution in [3.05, 3.63) is 84.4 Å². The molecule has 0 radical (unpaired) electrons. The third kappa shape index (κ3) is 8.86. The first-order valence-corrected chi connectivity index (χ1v) is 15.0. The third-order valence-electron chi connectivity index (χ3n) is 5.78. The second kappa shape index (κ2) is 15.9. The molecule has 0 aliphatic heterocycles. The normalized spacial score (nSPS) is 10.3. The number of aromatic nitrogens is 4. The molecule has 0 saturated heterocycles. The summed E-state index contributed by atoms with van der Waals surface area (Å²) in [6.07, 6.45) is 7.26. The maximum absolute atomic E-state index is 12.3. The molecule has 0 atom stereocenters. The van der Waals surface area contributed by atoms with E-state index in [1.54, 1.807) is 49.1 Å². The van der Waals surface area contributed by atoms with Gasteiger partial charge in [0.2, 0.25) is 11.8 Å². The number of nitrogens with one attached hydrogen (secondary N) is 2. The fraction of sp³-hybridized carbons (Fsp3) is 0.200. The van der Waals surface area contributed by atoms with Gasteiger partial charge in [-0.25, -0.2) is 9.97 Å². The van der Waals surface area contributed by atoms with Crippen molar-refractivity contribution in [2.45, 2.75) is 22.9 Å². The van der Waals surface area contributed by atoms with E-state index in [9.17, 15) is 20.1 Å². The lowest BCUT2D eigenvalue weighted by molar-refractivity contribution is -0.122. The number of thioether (sulfide) groups is 2. The van der Waals surface area contributed by atoms with E-state index in [0.717, 1.165) is 11.1 Å². The SMILES string of the molecule is N#Cc1ccc(-c2cccnc2)nc1SCCC(=O)NCCNC(=O)CCSc1nc(-c2cccnc2)ccc1C#N. The van der Waals surface area contributed by atoms with Crippen molar-refractivity contribution >= 4 is 35.3 Å². The largest absolute Gasteiger partial charge is 0.354 e. The Bertz CT molecular complexity index is 1480. The van der Waals surface area contributed by atoms with Gasteiger partial charge >= 0.3 is 0 Å². The van der Waals surface area contributed by atoms with E-state index in [1.807, 2.05) is 24.3 Å². The highest BCUT2D eigenvalue weighted by atomic mass is 32.2. The zero-order valence-electron chi connectivity index (χ0n) is 22.5. The van der Waals surface area contributed by atoms with Crippen molar-refractivity contribution < 1.29 is 9.59 Å². The fourth-order valence-electron chi connectivity index (χ4n) is 3.68. The molecule has 42 heavy (non-hydrogen) atoms. The minimum atomic E-state index is -0.155. The van der Waals surface area contributed by atoms with Crippen LogP contribution < -0.4 is 10.6 Å². The van der Waals surface area contributed by atoms with E-state index in [1.165, 1.54) is 23.5 Å². The second-order valence-corrected chi connectivity index (χ2v) is 10.9. The third-order valence-corrected chi connectivity index (χ3v) is 7.77. The fourth-order valence-corrected chi connectivity index (χ4v) is 5.51. The number of hydrogen-bond donors (Lipinski definition) is 2. The highest BCUT2D eigenvalue weighted by molar-refractivity contribution is 7.99. The minimum absolute atomic E-state index is 0.155. The molecular formula is C30H26N8O2S2. The van der Waals surface area contributed by atoms with Gasteiger partial charge in [-0.2, -0.15) is 10.5 Å². The first kappa shape index (κ1) is 30.2. The topological polar surface area (TPSA) is 157 Å². The Labute approximate surface area is 252 Å². The number of carbonyl (C=O) groups excluding carboxylic acids is 2. The van der Waals surface area contributed by atoms with Crippen molar-refractivity contribution in [2.24, 2.45) is 0 Å². The molecule has 2 N–H and O–H groups in total. The van der Waals surface area contributed by atoms with Gasteiger partial charge in [0.25, 0.3) is 0 Å². The number of pyridine rings is 4. The molecule has 0 unspecified atom stereocenters. The summed E-state index contributed by atoms with van der Waals surface area (Å²) in [6.45, 7) is 0.599. The maximum Gasteiger partial charge on any atom is 0.220 e. The molecule has 4 heterocycles. The number of carbonyl (C=O) groups is 2. The summed E-state index contributed by atoms with van der Waals surface area (Å²) in [5.74, 6) is 0.596. The van der Waals surface area contributed by atoms with Crippen molar-refractivity contribution in [1.82, 2.24) is 30.6 Å². The summed E-state index contributed by atoms with van der Waals surface area (Å²) < 4.78 is 0. The average molecular weight is 595 g/mol. The molecule has 0 spiro atoms. The molecular weight excluding hydrogens is 569 g/mol. The molecule has 0 aliphatic rings. The van der Waals surface area contributed by atoms with Gasteiger partial charge in [0.1, 0.15) is 22.2 Å². The second-order valence-electron chi connectivity index (χ2n) is 8.70. The number of nitriles is 2. The van der Waals surface area contributed by atoms with Crippen LogP contribution in [-0.4, -0.2) is 56.3 Å². The maximum atomic E-state index is 12.3. The molecule has 4 rings (SSSR count). The Hall–Kier alpha value is -4.78. The summed E-state index contributed by atoms with van der Waals surface area (Å²) in [4.78, 5) is 41.9. The lowest BCUT2D eigenvalue weighted by Crippen LogP contribution is -2.34. The van der Waals surface area contributed by atoms with Gasteiger partial charge in [0.15, 0.2) is 0 Å². The molecule has 10 nitrogen and oxygen atoms in total. The summed E-state index contributed by atoms with van der Waals surface area (Å²) in [5.41, 5.74) is 4.03. The van der Waals surface area contributed by atoms with Crippen LogP contribution in [0.15, 0.2) is 83.4 Å². The first-order chi connectivity index (χ1) is 20.6. The summed E-state index contributed by atoms with van der Waals surface area (Å²) in [7, 11) is 0. The Kier molecular flexibility index (Phi) is 11.4. The van der Waals surface area contributed by atoms with Crippen LogP contribution in [0.2, 0.25) is 0 Å². The van der Waals surface area contributed by atoms with Gasteiger partial charge in [-0.15, -0.1) is 23.5 Å². The predicted molar refractivity (Wildman–Crippen MR) is 161 cm³/mol. The highest BCUT2D eigenvalue weighted by Gasteiger charge is 2.11. The van der Waals surface area contributed by atoms with Crippen molar-refractivity contribution in [3.8, 4) is 34.7 Å². The quantitative estimate of drug-likeness (QED) is 0.169. The van der Waals surface area contributed by atoms with Crippen LogP contribution in [0.4, 0.5) is 0 Å². The number of hydrogen-bond acceptors (Lipinski definition) is 10. The van der Waals surface area contributed by atoms with Crippen molar-refractivity contribution in [1.29, 1.82) is 10.5 Å². The summed E-state index contributed by atoms with van der Waals surface area (Å²) in [5, 5.41) is 25.6. The first-order valence-electron chi connectivity index (χ1n) is 13.0. The van der Waals surface area contributed by atoms with E-state index in [0.29, 0.717) is 57.2 Å². The van der Waals surface area contributed by atoms with E-state index in [4.69, 9.17) is 0 Å². The Morgan fingerprint density at radius 1 is 0.690 bits per heavy atom. The molecule has 4 aromatic heterocycles. The monoisotopic (exact) mass is 594 g/mol. The van der Waals surface area contributed by atoms with Gasteiger partial charge in [0, 0.05) is 73.4 Å². The van der Waals surface area contributed by atoms with Gasteiger partial charge in [-0.1, -0.05) is 0 Å². The van der Waals surface area contributed by atoms with Crippen LogP contribution in [-0.2, 0) is 9.59 Å². The minimum Gasteiger partial charge on any atom is -0.354 e. The molecule has 4 aromatic rings. The van der Waals surface area contributed by atoms with Crippen molar-refractivity contribution in [2.75, 3.05) is 24.6 Å². The smallest absolute Gasteiger partial charge is 0.220 e. The van der Waals surface area contributed by atoms with Gasteiger partial charge in [0.05, 0.1) is 22.5 Å². The molecule has 2 amide bonds. The predicted octanol–water partition coefficient (Wildman–Crippen LogP) is 4.24. The van der Waals surface area contributed by atoms with E-state index in [-0.39, 0.29) is 24.7 Å². The molecule has 210 valence electrons. The zero-order chi connectivity index (χ0) is 29.6. The Morgan fingerprint density at radius 2 is 1.14 bits per heavy atom.